The zero-order valence-corrected chi connectivity index (χ0v) is 32.0. The molecule has 12 heteroatoms. The first-order valence-electron chi connectivity index (χ1n) is 17.9. The van der Waals surface area contributed by atoms with Gasteiger partial charge in [0.2, 0.25) is 5.91 Å². The molecule has 2 amide bonds. The quantitative estimate of drug-likeness (QED) is 0.144. The Hall–Kier alpha value is -5.85. The van der Waals surface area contributed by atoms with Crippen LogP contribution in [0.15, 0.2) is 130 Å². The predicted octanol–water partition coefficient (Wildman–Crippen LogP) is 8.24. The monoisotopic (exact) mass is 770 g/mol. The second-order valence-corrected chi connectivity index (χ2v) is 15.8. The molecule has 10 nitrogen and oxygen atoms in total. The summed E-state index contributed by atoms with van der Waals surface area (Å²) >= 11 is 2.59. The van der Waals surface area contributed by atoms with Crippen LogP contribution in [0, 0.1) is 5.92 Å². The van der Waals surface area contributed by atoms with Gasteiger partial charge in [-0.25, -0.2) is 5.01 Å². The van der Waals surface area contributed by atoms with Gasteiger partial charge in [0.25, 0.3) is 5.91 Å². The number of H-pyrrole nitrogens is 1. The summed E-state index contributed by atoms with van der Waals surface area (Å²) in [4.78, 5) is 44.9. The SMILES string of the molecule is COc1ccc(NC(=O)COc2ccccc2[C@H]2c3sc(=O)[nH]c3S[C@H](C)[C@H]2C(=O)N2N=C(c3ccc(OC)cc3)CC2c2ccc3ccccc3c2)cc1. The molecule has 0 radical (unpaired) electrons. The molecule has 4 atom stereocenters. The summed E-state index contributed by atoms with van der Waals surface area (Å²) in [5.41, 5.74) is 3.99. The van der Waals surface area contributed by atoms with Crippen molar-refractivity contribution in [3.8, 4) is 17.2 Å². The van der Waals surface area contributed by atoms with Gasteiger partial charge in [0.15, 0.2) is 6.61 Å². The minimum absolute atomic E-state index is 0.162. The van der Waals surface area contributed by atoms with E-state index in [0.717, 1.165) is 54.6 Å². The highest BCUT2D eigenvalue weighted by Gasteiger charge is 2.47. The Morgan fingerprint density at radius 2 is 1.56 bits per heavy atom. The number of carbonyl (C=O) groups is 2. The molecule has 0 bridgehead atoms. The zero-order chi connectivity index (χ0) is 38.1. The number of carbonyl (C=O) groups excluding carboxylic acids is 2. The van der Waals surface area contributed by atoms with Gasteiger partial charge in [-0.05, 0) is 82.6 Å². The van der Waals surface area contributed by atoms with Crippen LogP contribution in [-0.4, -0.2) is 53.6 Å². The maximum Gasteiger partial charge on any atom is 0.305 e. The van der Waals surface area contributed by atoms with Crippen molar-refractivity contribution in [3.05, 3.63) is 146 Å². The van der Waals surface area contributed by atoms with Gasteiger partial charge in [0.05, 0.1) is 36.9 Å². The number of methoxy groups -OCH3 is 2. The lowest BCUT2D eigenvalue weighted by Crippen LogP contribution is -2.42. The van der Waals surface area contributed by atoms with Gasteiger partial charge in [-0.1, -0.05) is 72.9 Å². The van der Waals surface area contributed by atoms with Crippen molar-refractivity contribution in [1.29, 1.82) is 0 Å². The number of benzene rings is 5. The Labute approximate surface area is 326 Å². The molecule has 0 saturated heterocycles. The third-order valence-electron chi connectivity index (χ3n) is 10.1. The van der Waals surface area contributed by atoms with Crippen molar-refractivity contribution >= 4 is 57.1 Å². The van der Waals surface area contributed by atoms with Gasteiger partial charge in [0, 0.05) is 33.7 Å². The number of fused-ring (bicyclic) bond motifs is 2. The summed E-state index contributed by atoms with van der Waals surface area (Å²) in [5, 5.41) is 12.3. The topological polar surface area (TPSA) is 122 Å². The maximum atomic E-state index is 15.4. The summed E-state index contributed by atoms with van der Waals surface area (Å²) in [6, 6.07) is 36.3. The van der Waals surface area contributed by atoms with E-state index in [0.29, 0.717) is 29.2 Å². The van der Waals surface area contributed by atoms with Crippen LogP contribution in [0.3, 0.4) is 0 Å². The lowest BCUT2D eigenvalue weighted by atomic mass is 9.81. The highest BCUT2D eigenvalue weighted by molar-refractivity contribution is 8.00. The van der Waals surface area contributed by atoms with Crippen LogP contribution in [-0.2, 0) is 9.59 Å². The molecule has 2 aliphatic heterocycles. The number of aromatic nitrogens is 1. The van der Waals surface area contributed by atoms with Crippen molar-refractivity contribution in [2.45, 2.75) is 35.6 Å². The molecule has 3 heterocycles. The molecule has 0 saturated carbocycles. The fourth-order valence-corrected chi connectivity index (χ4v) is 9.79. The molecule has 1 aromatic heterocycles. The molecule has 55 heavy (non-hydrogen) atoms. The lowest BCUT2D eigenvalue weighted by molar-refractivity contribution is -0.137. The second-order valence-electron chi connectivity index (χ2n) is 13.4. The largest absolute Gasteiger partial charge is 0.497 e. The molecule has 1 unspecified atom stereocenters. The number of rotatable bonds is 10. The van der Waals surface area contributed by atoms with Crippen LogP contribution in [0.25, 0.3) is 10.8 Å². The molecular formula is C43H38N4O6S2. The Bertz CT molecular complexity index is 2460. The Morgan fingerprint density at radius 1 is 0.873 bits per heavy atom. The van der Waals surface area contributed by atoms with E-state index in [1.807, 2.05) is 61.5 Å². The fourth-order valence-electron chi connectivity index (χ4n) is 7.37. The maximum absolute atomic E-state index is 15.4. The number of amides is 2. The van der Waals surface area contributed by atoms with Crippen LogP contribution in [0.2, 0.25) is 0 Å². The van der Waals surface area contributed by atoms with Crippen LogP contribution < -0.4 is 24.4 Å². The smallest absolute Gasteiger partial charge is 0.305 e. The molecule has 2 N–H and O–H groups in total. The fraction of sp³-hybridized carbons (Fsp3) is 0.209. The standard InChI is InChI=1S/C43H38N4O6S2/c1-25-38(42(49)47-35(29-13-12-26-8-4-5-9-28(26)22-29)23-34(46-47)27-14-18-31(51-2)19-15-27)39(40-41(54-25)45-43(50)55-40)33-10-6-7-11-36(33)53-24-37(48)44-30-16-20-32(52-3)21-17-30/h4-22,25,35,38-39H,23-24H2,1-3H3,(H,44,48)(H,45,50)/t25-,35?,38-,39-/m1/s1. The number of para-hydroxylation sites is 1. The van der Waals surface area contributed by atoms with Crippen molar-refractivity contribution in [1.82, 2.24) is 9.99 Å². The molecule has 2 aliphatic rings. The molecule has 0 fully saturated rings. The number of hydrogen-bond donors (Lipinski definition) is 2. The summed E-state index contributed by atoms with van der Waals surface area (Å²) in [5.74, 6) is 0.172. The van der Waals surface area contributed by atoms with Crippen molar-refractivity contribution in [2.24, 2.45) is 11.0 Å². The molecule has 0 spiro atoms. The number of nitrogens with zero attached hydrogens (tertiary/aromatic N) is 2. The Kier molecular flexibility index (Phi) is 10.2. The molecule has 8 rings (SSSR count). The number of thiazole rings is 1. The summed E-state index contributed by atoms with van der Waals surface area (Å²) in [6.45, 7) is 1.75. The Morgan fingerprint density at radius 3 is 2.31 bits per heavy atom. The van der Waals surface area contributed by atoms with Gasteiger partial charge in [-0.15, -0.1) is 11.8 Å². The van der Waals surface area contributed by atoms with E-state index < -0.39 is 11.8 Å². The van der Waals surface area contributed by atoms with Crippen molar-refractivity contribution in [2.75, 3.05) is 26.1 Å². The molecule has 6 aromatic rings. The predicted molar refractivity (Wildman–Crippen MR) is 217 cm³/mol. The van der Waals surface area contributed by atoms with Crippen LogP contribution in [0.4, 0.5) is 5.69 Å². The van der Waals surface area contributed by atoms with E-state index in [4.69, 9.17) is 19.3 Å². The number of anilines is 1. The summed E-state index contributed by atoms with van der Waals surface area (Å²) < 4.78 is 16.8. The number of hydrazone groups is 1. The number of hydrogen-bond acceptors (Lipinski definition) is 9. The Balaban J connectivity index is 1.16. The number of thioether (sulfide) groups is 1. The minimum atomic E-state index is -0.635. The highest BCUT2D eigenvalue weighted by Crippen LogP contribution is 2.52. The van der Waals surface area contributed by atoms with E-state index in [-0.39, 0.29) is 34.6 Å². The van der Waals surface area contributed by atoms with Crippen LogP contribution >= 0.6 is 23.1 Å². The van der Waals surface area contributed by atoms with Gasteiger partial charge in [0.1, 0.15) is 17.2 Å². The summed E-state index contributed by atoms with van der Waals surface area (Å²) in [7, 11) is 3.21. The first-order valence-corrected chi connectivity index (χ1v) is 19.6. The van der Waals surface area contributed by atoms with Gasteiger partial charge in [-0.2, -0.15) is 5.10 Å². The normalized spacial score (nSPS) is 19.0. The van der Waals surface area contributed by atoms with Crippen molar-refractivity contribution in [3.63, 3.8) is 0 Å². The van der Waals surface area contributed by atoms with Crippen LogP contribution in [0.5, 0.6) is 17.2 Å². The van der Waals surface area contributed by atoms with E-state index in [1.165, 1.54) is 11.8 Å². The molecular weight excluding hydrogens is 733 g/mol. The van der Waals surface area contributed by atoms with E-state index in [1.54, 1.807) is 49.6 Å². The van der Waals surface area contributed by atoms with Gasteiger partial charge < -0.3 is 24.5 Å². The first-order chi connectivity index (χ1) is 26.8. The minimum Gasteiger partial charge on any atom is -0.497 e. The molecule has 278 valence electrons. The number of aromatic amines is 1. The average molecular weight is 771 g/mol. The van der Waals surface area contributed by atoms with Crippen molar-refractivity contribution < 1.29 is 23.8 Å². The number of nitrogens with one attached hydrogen (secondary N) is 2. The first kappa shape index (κ1) is 36.1. The van der Waals surface area contributed by atoms with E-state index >= 15 is 4.79 Å². The van der Waals surface area contributed by atoms with Gasteiger partial charge >= 0.3 is 4.87 Å². The zero-order valence-electron chi connectivity index (χ0n) is 30.4. The average Bonchev–Trinajstić information content (AvgIpc) is 3.83. The summed E-state index contributed by atoms with van der Waals surface area (Å²) in [6.07, 6.45) is 0.515. The second kappa shape index (κ2) is 15.5. The third-order valence-corrected chi connectivity index (χ3v) is 12.4. The highest BCUT2D eigenvalue weighted by atomic mass is 32.2. The third kappa shape index (κ3) is 7.35. The lowest BCUT2D eigenvalue weighted by Gasteiger charge is -2.37. The molecule has 0 aliphatic carbocycles. The van der Waals surface area contributed by atoms with E-state index in [2.05, 4.69) is 40.6 Å². The molecule has 5 aromatic carbocycles. The van der Waals surface area contributed by atoms with E-state index in [9.17, 15) is 9.59 Å². The number of ether oxygens (including phenoxy) is 3. The van der Waals surface area contributed by atoms with Crippen LogP contribution in [0.1, 0.15) is 46.9 Å². The van der Waals surface area contributed by atoms with Gasteiger partial charge in [-0.3, -0.25) is 14.4 Å².